The van der Waals surface area contributed by atoms with Crippen LogP contribution in [0.2, 0.25) is 0 Å². The van der Waals surface area contributed by atoms with Gasteiger partial charge in [-0.1, -0.05) is 12.8 Å². The predicted octanol–water partition coefficient (Wildman–Crippen LogP) is 1.68. The van der Waals surface area contributed by atoms with Gasteiger partial charge < -0.3 is 10.4 Å². The zero-order chi connectivity index (χ0) is 9.24. The molecule has 0 atom stereocenters. The third-order valence-electron chi connectivity index (χ3n) is 2.48. The molecule has 0 amide bonds. The van der Waals surface area contributed by atoms with E-state index in [1.807, 2.05) is 0 Å². The minimum atomic E-state index is -0.409. The van der Waals surface area contributed by atoms with Crippen molar-refractivity contribution in [3.63, 3.8) is 0 Å². The summed E-state index contributed by atoms with van der Waals surface area (Å²) in [5.74, 6) is 0. The quantitative estimate of drug-likeness (QED) is 0.662. The molecule has 1 aliphatic carbocycles. The van der Waals surface area contributed by atoms with Crippen molar-refractivity contribution < 1.29 is 5.11 Å². The highest BCUT2D eigenvalue weighted by atomic mass is 16.3. The monoisotopic (exact) mass is 171 g/mol. The Morgan fingerprint density at radius 1 is 1.25 bits per heavy atom. The molecule has 0 unspecified atom stereocenters. The van der Waals surface area contributed by atoms with Gasteiger partial charge in [0.15, 0.2) is 0 Å². The fourth-order valence-electron chi connectivity index (χ4n) is 1.64. The first-order valence-electron chi connectivity index (χ1n) is 4.89. The SMILES string of the molecule is CC(C)(C)NCC1(O)CCCC1. The van der Waals surface area contributed by atoms with E-state index in [0.29, 0.717) is 0 Å². The fraction of sp³-hybridized carbons (Fsp3) is 1.00. The second-order valence-corrected chi connectivity index (χ2v) is 5.04. The van der Waals surface area contributed by atoms with Crippen LogP contribution in [0.25, 0.3) is 0 Å². The van der Waals surface area contributed by atoms with Gasteiger partial charge in [0.1, 0.15) is 0 Å². The van der Waals surface area contributed by atoms with Gasteiger partial charge in [0.05, 0.1) is 5.60 Å². The van der Waals surface area contributed by atoms with Crippen molar-refractivity contribution in [1.29, 1.82) is 0 Å². The molecule has 0 aromatic heterocycles. The second-order valence-electron chi connectivity index (χ2n) is 5.04. The Morgan fingerprint density at radius 3 is 2.17 bits per heavy atom. The van der Waals surface area contributed by atoms with Crippen LogP contribution < -0.4 is 5.32 Å². The maximum atomic E-state index is 9.99. The van der Waals surface area contributed by atoms with E-state index in [-0.39, 0.29) is 5.54 Å². The molecular weight excluding hydrogens is 150 g/mol. The molecule has 2 heteroatoms. The fourth-order valence-corrected chi connectivity index (χ4v) is 1.64. The van der Waals surface area contributed by atoms with E-state index in [1.165, 1.54) is 12.8 Å². The third kappa shape index (κ3) is 3.11. The maximum absolute atomic E-state index is 9.99. The average molecular weight is 171 g/mol. The Bertz CT molecular complexity index is 142. The summed E-state index contributed by atoms with van der Waals surface area (Å²) in [6.07, 6.45) is 4.30. The summed E-state index contributed by atoms with van der Waals surface area (Å²) in [5.41, 5.74) is -0.286. The highest BCUT2D eigenvalue weighted by Gasteiger charge is 2.31. The number of nitrogens with one attached hydrogen (secondary N) is 1. The lowest BCUT2D eigenvalue weighted by Gasteiger charge is -2.28. The van der Waals surface area contributed by atoms with Crippen LogP contribution in [0.15, 0.2) is 0 Å². The molecule has 0 aliphatic heterocycles. The van der Waals surface area contributed by atoms with Gasteiger partial charge in [-0.25, -0.2) is 0 Å². The molecule has 0 bridgehead atoms. The molecule has 0 spiro atoms. The molecule has 72 valence electrons. The zero-order valence-corrected chi connectivity index (χ0v) is 8.48. The lowest BCUT2D eigenvalue weighted by atomic mass is 10.0. The van der Waals surface area contributed by atoms with Gasteiger partial charge in [0, 0.05) is 12.1 Å². The zero-order valence-electron chi connectivity index (χ0n) is 8.48. The molecule has 1 fully saturated rings. The molecule has 0 aromatic rings. The van der Waals surface area contributed by atoms with Crippen LogP contribution in [0.4, 0.5) is 0 Å². The van der Waals surface area contributed by atoms with Gasteiger partial charge >= 0.3 is 0 Å². The number of rotatable bonds is 2. The summed E-state index contributed by atoms with van der Waals surface area (Å²) < 4.78 is 0. The molecular formula is C10H21NO. The molecule has 2 nitrogen and oxygen atoms in total. The lowest BCUT2D eigenvalue weighted by molar-refractivity contribution is 0.0415. The topological polar surface area (TPSA) is 32.3 Å². The van der Waals surface area contributed by atoms with Crippen molar-refractivity contribution in [3.8, 4) is 0 Å². The molecule has 1 aliphatic rings. The summed E-state index contributed by atoms with van der Waals surface area (Å²) in [5, 5.41) is 13.3. The molecule has 0 heterocycles. The smallest absolute Gasteiger partial charge is 0.0771 e. The van der Waals surface area contributed by atoms with Crippen LogP contribution in [-0.4, -0.2) is 22.8 Å². The molecule has 0 saturated heterocycles. The molecule has 0 aromatic carbocycles. The molecule has 2 N–H and O–H groups in total. The summed E-state index contributed by atoms with van der Waals surface area (Å²) in [6.45, 7) is 7.14. The van der Waals surface area contributed by atoms with E-state index in [2.05, 4.69) is 26.1 Å². The van der Waals surface area contributed by atoms with Crippen LogP contribution in [-0.2, 0) is 0 Å². The number of β-amino-alcohol motifs (C(OH)–C–C–N with tert-alkyl or cyclic N) is 1. The van der Waals surface area contributed by atoms with E-state index >= 15 is 0 Å². The second kappa shape index (κ2) is 3.35. The van der Waals surface area contributed by atoms with Crippen LogP contribution in [0.3, 0.4) is 0 Å². The van der Waals surface area contributed by atoms with Gasteiger partial charge in [-0.15, -0.1) is 0 Å². The number of aliphatic hydroxyl groups is 1. The summed E-state index contributed by atoms with van der Waals surface area (Å²) >= 11 is 0. The van der Waals surface area contributed by atoms with Crippen molar-refractivity contribution in [3.05, 3.63) is 0 Å². The number of hydrogen-bond acceptors (Lipinski definition) is 2. The van der Waals surface area contributed by atoms with E-state index in [9.17, 15) is 5.11 Å². The van der Waals surface area contributed by atoms with Crippen molar-refractivity contribution >= 4 is 0 Å². The van der Waals surface area contributed by atoms with Crippen molar-refractivity contribution in [2.24, 2.45) is 0 Å². The highest BCUT2D eigenvalue weighted by molar-refractivity contribution is 4.88. The molecule has 1 rings (SSSR count). The minimum absolute atomic E-state index is 0.123. The maximum Gasteiger partial charge on any atom is 0.0771 e. The van der Waals surface area contributed by atoms with Gasteiger partial charge in [-0.3, -0.25) is 0 Å². The first kappa shape index (κ1) is 10.0. The van der Waals surface area contributed by atoms with E-state index in [1.54, 1.807) is 0 Å². The van der Waals surface area contributed by atoms with E-state index in [0.717, 1.165) is 19.4 Å². The Hall–Kier alpha value is -0.0800. The average Bonchev–Trinajstić information content (AvgIpc) is 2.32. The van der Waals surface area contributed by atoms with Crippen LogP contribution in [0.5, 0.6) is 0 Å². The summed E-state index contributed by atoms with van der Waals surface area (Å²) in [4.78, 5) is 0. The van der Waals surface area contributed by atoms with E-state index in [4.69, 9.17) is 0 Å². The molecule has 12 heavy (non-hydrogen) atoms. The van der Waals surface area contributed by atoms with Crippen molar-refractivity contribution in [2.45, 2.75) is 57.6 Å². The minimum Gasteiger partial charge on any atom is -0.389 e. The Balaban J connectivity index is 2.30. The Labute approximate surface area is 75.4 Å². The third-order valence-corrected chi connectivity index (χ3v) is 2.48. The normalized spacial score (nSPS) is 23.0. The first-order chi connectivity index (χ1) is 5.41. The van der Waals surface area contributed by atoms with Gasteiger partial charge in [0.2, 0.25) is 0 Å². The standard InChI is InChI=1S/C10H21NO/c1-9(2,3)11-8-10(12)6-4-5-7-10/h11-12H,4-8H2,1-3H3. The number of hydrogen-bond donors (Lipinski definition) is 2. The lowest BCUT2D eigenvalue weighted by Crippen LogP contribution is -2.46. The molecule has 1 saturated carbocycles. The van der Waals surface area contributed by atoms with Crippen molar-refractivity contribution in [2.75, 3.05) is 6.54 Å². The summed E-state index contributed by atoms with van der Waals surface area (Å²) in [7, 11) is 0. The highest BCUT2D eigenvalue weighted by Crippen LogP contribution is 2.28. The van der Waals surface area contributed by atoms with Gasteiger partial charge in [0.25, 0.3) is 0 Å². The van der Waals surface area contributed by atoms with Crippen LogP contribution in [0, 0.1) is 0 Å². The van der Waals surface area contributed by atoms with E-state index < -0.39 is 5.60 Å². The van der Waals surface area contributed by atoms with Gasteiger partial charge in [-0.2, -0.15) is 0 Å². The van der Waals surface area contributed by atoms with Crippen molar-refractivity contribution in [1.82, 2.24) is 5.32 Å². The van der Waals surface area contributed by atoms with Crippen LogP contribution in [0.1, 0.15) is 46.5 Å². The van der Waals surface area contributed by atoms with Crippen LogP contribution >= 0.6 is 0 Å². The Kier molecular flexibility index (Phi) is 2.79. The summed E-state index contributed by atoms with van der Waals surface area (Å²) in [6, 6.07) is 0. The molecule has 0 radical (unpaired) electrons. The first-order valence-corrected chi connectivity index (χ1v) is 4.89. The largest absolute Gasteiger partial charge is 0.389 e. The predicted molar refractivity (Wildman–Crippen MR) is 51.2 cm³/mol. The Morgan fingerprint density at radius 2 is 1.75 bits per heavy atom. The van der Waals surface area contributed by atoms with Gasteiger partial charge in [-0.05, 0) is 33.6 Å².